The molecule has 0 bridgehead atoms. The van der Waals surface area contributed by atoms with E-state index in [1.165, 1.54) is 32.6 Å². The summed E-state index contributed by atoms with van der Waals surface area (Å²) < 4.78 is 5.57. The molecule has 0 spiro atoms. The number of aliphatic hydroxyl groups is 1. The number of rotatable bonds is 5. The van der Waals surface area contributed by atoms with Gasteiger partial charge in [-0.1, -0.05) is 65.3 Å². The van der Waals surface area contributed by atoms with Crippen molar-refractivity contribution < 1.29 is 14.6 Å². The number of esters is 1. The third kappa shape index (κ3) is 4.37. The van der Waals surface area contributed by atoms with Crippen LogP contribution in [0.5, 0.6) is 0 Å². The van der Waals surface area contributed by atoms with E-state index in [1.807, 2.05) is 0 Å². The number of hydrogen-bond donors (Lipinski definition) is 1. The molecule has 4 aliphatic carbocycles. The van der Waals surface area contributed by atoms with Gasteiger partial charge in [-0.3, -0.25) is 4.79 Å². The molecular weight excluding hydrogens is 408 g/mol. The molecule has 0 aromatic carbocycles. The van der Waals surface area contributed by atoms with Gasteiger partial charge in [-0.15, -0.1) is 0 Å². The third-order valence-corrected chi connectivity index (χ3v) is 10.9. The zero-order valence-corrected chi connectivity index (χ0v) is 22.1. The van der Waals surface area contributed by atoms with Crippen LogP contribution in [0.15, 0.2) is 23.8 Å². The van der Waals surface area contributed by atoms with E-state index in [4.69, 9.17) is 4.74 Å². The molecule has 0 saturated heterocycles. The lowest BCUT2D eigenvalue weighted by molar-refractivity contribution is -0.155. The summed E-state index contributed by atoms with van der Waals surface area (Å²) in [4.78, 5) is 11.5. The van der Waals surface area contributed by atoms with Gasteiger partial charge in [0.1, 0.15) is 6.10 Å². The molecule has 4 rings (SSSR count). The average molecular weight is 457 g/mol. The fourth-order valence-corrected chi connectivity index (χ4v) is 8.49. The van der Waals surface area contributed by atoms with Crippen LogP contribution in [0.1, 0.15) is 93.4 Å². The number of allylic oxidation sites excluding steroid dienone is 3. The van der Waals surface area contributed by atoms with E-state index in [2.05, 4.69) is 59.8 Å². The second-order valence-corrected chi connectivity index (χ2v) is 13.0. The summed E-state index contributed by atoms with van der Waals surface area (Å²) in [5, 5.41) is 11.3. The molecule has 33 heavy (non-hydrogen) atoms. The van der Waals surface area contributed by atoms with Gasteiger partial charge in [-0.2, -0.15) is 0 Å². The minimum Gasteiger partial charge on any atom is -0.463 e. The average Bonchev–Trinajstić information content (AvgIpc) is 3.10. The van der Waals surface area contributed by atoms with Gasteiger partial charge >= 0.3 is 5.97 Å². The summed E-state index contributed by atoms with van der Waals surface area (Å²) in [6, 6.07) is 0. The Hall–Kier alpha value is -1.09. The first kappa shape index (κ1) is 25.0. The normalized spacial score (nSPS) is 44.6. The second kappa shape index (κ2) is 9.17. The summed E-state index contributed by atoms with van der Waals surface area (Å²) in [6.07, 6.45) is 14.7. The number of carbonyl (C=O) groups excluding carboxylic acids is 1. The van der Waals surface area contributed by atoms with Crippen LogP contribution in [0, 0.1) is 52.3 Å². The minimum absolute atomic E-state index is 0.0317. The SMILES string of the molecule is CC(=O)OC1CCC2(C)C3CCC4(C)C(CCC4C(C)C=CC(C)C(C)C)C3=CC(O)C2C1. The fraction of sp³-hybridized carbons (Fsp3) is 0.833. The standard InChI is InChI=1S/C30H48O3/c1-18(2)19(3)8-9-20(4)24-10-11-25-23-17-28(32)27-16-22(33-21(5)31)12-14-30(27,7)26(23)13-15-29(24,25)6/h8-9,17-20,22,24-28,32H,10-16H2,1-7H3. The van der Waals surface area contributed by atoms with Crippen molar-refractivity contribution in [2.75, 3.05) is 0 Å². The third-order valence-electron chi connectivity index (χ3n) is 10.9. The Morgan fingerprint density at radius 1 is 1.03 bits per heavy atom. The Bertz CT molecular complexity index is 796. The highest BCUT2D eigenvalue weighted by Gasteiger charge is 2.59. The van der Waals surface area contributed by atoms with E-state index in [0.29, 0.717) is 35.0 Å². The van der Waals surface area contributed by atoms with E-state index in [1.54, 1.807) is 5.57 Å². The van der Waals surface area contributed by atoms with Crippen LogP contribution in [0.25, 0.3) is 0 Å². The van der Waals surface area contributed by atoms with Crippen molar-refractivity contribution in [2.24, 2.45) is 52.3 Å². The molecule has 186 valence electrons. The Labute approximate surface area is 202 Å². The van der Waals surface area contributed by atoms with Crippen LogP contribution >= 0.6 is 0 Å². The summed E-state index contributed by atoms with van der Waals surface area (Å²) >= 11 is 0. The molecule has 0 heterocycles. The molecule has 0 amide bonds. The maximum absolute atomic E-state index is 11.5. The van der Waals surface area contributed by atoms with E-state index in [-0.39, 0.29) is 23.4 Å². The molecule has 0 aliphatic heterocycles. The lowest BCUT2D eigenvalue weighted by atomic mass is 9.47. The molecule has 3 nitrogen and oxygen atoms in total. The maximum atomic E-state index is 11.5. The van der Waals surface area contributed by atoms with E-state index >= 15 is 0 Å². The van der Waals surface area contributed by atoms with Crippen molar-refractivity contribution in [1.82, 2.24) is 0 Å². The van der Waals surface area contributed by atoms with Gasteiger partial charge in [-0.05, 0) is 97.2 Å². The van der Waals surface area contributed by atoms with Gasteiger partial charge in [-0.25, -0.2) is 0 Å². The predicted octanol–water partition coefficient (Wildman–Crippen LogP) is 6.95. The molecule has 0 aromatic rings. The van der Waals surface area contributed by atoms with Crippen molar-refractivity contribution in [3.05, 3.63) is 23.8 Å². The van der Waals surface area contributed by atoms with Crippen LogP contribution < -0.4 is 0 Å². The highest BCUT2D eigenvalue weighted by molar-refractivity contribution is 5.66. The molecule has 3 fully saturated rings. The lowest BCUT2D eigenvalue weighted by Gasteiger charge is -2.58. The molecule has 10 atom stereocenters. The molecule has 10 unspecified atom stereocenters. The molecule has 4 aliphatic rings. The van der Waals surface area contributed by atoms with Crippen molar-refractivity contribution in [3.63, 3.8) is 0 Å². The number of fused-ring (bicyclic) bond motifs is 5. The molecule has 0 aromatic heterocycles. The maximum Gasteiger partial charge on any atom is 0.302 e. The summed E-state index contributed by atoms with van der Waals surface area (Å²) in [6.45, 7) is 15.9. The van der Waals surface area contributed by atoms with Gasteiger partial charge in [0, 0.05) is 6.92 Å². The Balaban J connectivity index is 1.55. The van der Waals surface area contributed by atoms with Gasteiger partial charge in [0.25, 0.3) is 0 Å². The quantitative estimate of drug-likeness (QED) is 0.359. The smallest absolute Gasteiger partial charge is 0.302 e. The molecule has 1 N–H and O–H groups in total. The Kier molecular flexibility index (Phi) is 6.95. The highest BCUT2D eigenvalue weighted by atomic mass is 16.5. The van der Waals surface area contributed by atoms with Crippen LogP contribution in [0.3, 0.4) is 0 Å². The first-order valence-corrected chi connectivity index (χ1v) is 13.7. The Morgan fingerprint density at radius 2 is 1.70 bits per heavy atom. The van der Waals surface area contributed by atoms with E-state index in [0.717, 1.165) is 25.2 Å². The largest absolute Gasteiger partial charge is 0.463 e. The summed E-state index contributed by atoms with van der Waals surface area (Å²) in [5.41, 5.74) is 2.04. The number of carbonyl (C=O) groups is 1. The lowest BCUT2D eigenvalue weighted by Crippen LogP contribution is -2.54. The highest BCUT2D eigenvalue weighted by Crippen LogP contribution is 2.66. The summed E-state index contributed by atoms with van der Waals surface area (Å²) in [7, 11) is 0. The fourth-order valence-electron chi connectivity index (χ4n) is 8.49. The molecular formula is C30H48O3. The van der Waals surface area contributed by atoms with Gasteiger partial charge < -0.3 is 9.84 Å². The number of ether oxygens (including phenoxy) is 1. The Morgan fingerprint density at radius 3 is 2.36 bits per heavy atom. The first-order chi connectivity index (χ1) is 15.5. The second-order valence-electron chi connectivity index (χ2n) is 13.0. The zero-order chi connectivity index (χ0) is 24.1. The molecule has 3 heteroatoms. The van der Waals surface area contributed by atoms with Crippen molar-refractivity contribution in [3.8, 4) is 0 Å². The van der Waals surface area contributed by atoms with E-state index < -0.39 is 6.10 Å². The molecule has 3 saturated carbocycles. The van der Waals surface area contributed by atoms with Crippen molar-refractivity contribution in [1.29, 1.82) is 0 Å². The van der Waals surface area contributed by atoms with Crippen LogP contribution in [-0.2, 0) is 9.53 Å². The molecule has 0 radical (unpaired) electrons. The summed E-state index contributed by atoms with van der Waals surface area (Å²) in [5.74, 6) is 3.84. The zero-order valence-electron chi connectivity index (χ0n) is 22.1. The first-order valence-electron chi connectivity index (χ1n) is 13.7. The predicted molar refractivity (Wildman–Crippen MR) is 134 cm³/mol. The monoisotopic (exact) mass is 456 g/mol. The van der Waals surface area contributed by atoms with Crippen LogP contribution in [0.2, 0.25) is 0 Å². The van der Waals surface area contributed by atoms with Crippen molar-refractivity contribution >= 4 is 5.97 Å². The van der Waals surface area contributed by atoms with E-state index in [9.17, 15) is 9.90 Å². The van der Waals surface area contributed by atoms with Gasteiger partial charge in [0.2, 0.25) is 0 Å². The number of aliphatic hydroxyl groups excluding tert-OH is 1. The topological polar surface area (TPSA) is 46.5 Å². The van der Waals surface area contributed by atoms with Crippen LogP contribution in [-0.4, -0.2) is 23.3 Å². The van der Waals surface area contributed by atoms with Gasteiger partial charge in [0.15, 0.2) is 0 Å². The van der Waals surface area contributed by atoms with Crippen LogP contribution in [0.4, 0.5) is 0 Å². The van der Waals surface area contributed by atoms with Gasteiger partial charge in [0.05, 0.1) is 6.10 Å². The van der Waals surface area contributed by atoms with Crippen molar-refractivity contribution in [2.45, 2.75) is 106 Å². The number of hydrogen-bond acceptors (Lipinski definition) is 3. The minimum atomic E-state index is -0.412.